The second-order valence-electron chi connectivity index (χ2n) is 6.03. The predicted octanol–water partition coefficient (Wildman–Crippen LogP) is 4.12. The fourth-order valence-electron chi connectivity index (χ4n) is 1.71. The molecule has 0 bridgehead atoms. The zero-order chi connectivity index (χ0) is 16.3. The Morgan fingerprint density at radius 3 is 2.43 bits per heavy atom. The van der Waals surface area contributed by atoms with Crippen molar-refractivity contribution in [3.8, 4) is 0 Å². The highest BCUT2D eigenvalue weighted by Crippen LogP contribution is 2.24. The Balaban J connectivity index is 2.85. The van der Waals surface area contributed by atoms with Crippen LogP contribution in [0.3, 0.4) is 0 Å². The second kappa shape index (κ2) is 6.96. The molecule has 0 saturated heterocycles. The van der Waals surface area contributed by atoms with Crippen molar-refractivity contribution in [3.05, 3.63) is 22.3 Å². The van der Waals surface area contributed by atoms with Gasteiger partial charge in [0.25, 0.3) is 0 Å². The summed E-state index contributed by atoms with van der Waals surface area (Å²) >= 11 is 3.35. The molecule has 3 nitrogen and oxygen atoms in total. The molecule has 1 rings (SSSR count). The summed E-state index contributed by atoms with van der Waals surface area (Å²) in [7, 11) is 1.63. The number of aromatic nitrogens is 1. The minimum Gasteiger partial charge on any atom is -0.359 e. The molecule has 21 heavy (non-hydrogen) atoms. The van der Waals surface area contributed by atoms with Crippen LogP contribution in [0.2, 0.25) is 0 Å². The van der Waals surface area contributed by atoms with Gasteiger partial charge in [-0.3, -0.25) is 0 Å². The molecule has 0 aliphatic carbocycles. The van der Waals surface area contributed by atoms with Crippen molar-refractivity contribution in [3.63, 3.8) is 0 Å². The molecule has 0 saturated carbocycles. The van der Waals surface area contributed by atoms with Gasteiger partial charge in [-0.05, 0) is 42.8 Å². The molecule has 0 aromatic carbocycles. The van der Waals surface area contributed by atoms with Crippen molar-refractivity contribution >= 4 is 21.7 Å². The van der Waals surface area contributed by atoms with Gasteiger partial charge in [0.1, 0.15) is 5.82 Å². The van der Waals surface area contributed by atoms with Crippen LogP contribution in [0.1, 0.15) is 32.8 Å². The Labute approximate surface area is 132 Å². The van der Waals surface area contributed by atoms with Crippen LogP contribution in [-0.2, 0) is 6.54 Å². The SMILES string of the molecule is CN(CCC(F)(F)F)c1ncc(Br)cc1CNC(C)(C)C. The van der Waals surface area contributed by atoms with E-state index < -0.39 is 12.6 Å². The molecule has 7 heteroatoms. The van der Waals surface area contributed by atoms with Gasteiger partial charge in [-0.2, -0.15) is 13.2 Å². The number of nitrogens with one attached hydrogen (secondary N) is 1. The molecule has 1 N–H and O–H groups in total. The average Bonchev–Trinajstić information content (AvgIpc) is 2.32. The maximum Gasteiger partial charge on any atom is 0.390 e. The normalized spacial score (nSPS) is 12.6. The van der Waals surface area contributed by atoms with Crippen LogP contribution >= 0.6 is 15.9 Å². The van der Waals surface area contributed by atoms with E-state index in [0.717, 1.165) is 10.0 Å². The summed E-state index contributed by atoms with van der Waals surface area (Å²) in [6.45, 7) is 6.53. The highest BCUT2D eigenvalue weighted by molar-refractivity contribution is 9.10. The van der Waals surface area contributed by atoms with E-state index in [0.29, 0.717) is 12.4 Å². The zero-order valence-electron chi connectivity index (χ0n) is 12.7. The third kappa shape index (κ3) is 7.13. The minimum absolute atomic E-state index is 0.0792. The molecule has 0 aliphatic rings. The number of hydrogen-bond acceptors (Lipinski definition) is 3. The number of nitrogens with zero attached hydrogens (tertiary/aromatic N) is 2. The molecule has 0 spiro atoms. The van der Waals surface area contributed by atoms with Gasteiger partial charge in [0, 0.05) is 41.9 Å². The summed E-state index contributed by atoms with van der Waals surface area (Å²) in [4.78, 5) is 5.79. The minimum atomic E-state index is -4.16. The smallest absolute Gasteiger partial charge is 0.359 e. The molecule has 0 unspecified atom stereocenters. The lowest BCUT2D eigenvalue weighted by Gasteiger charge is -2.25. The summed E-state index contributed by atoms with van der Waals surface area (Å²) in [6.07, 6.45) is -3.42. The Bertz CT molecular complexity index is 470. The number of anilines is 1. The zero-order valence-corrected chi connectivity index (χ0v) is 14.3. The van der Waals surface area contributed by atoms with Crippen LogP contribution in [0.25, 0.3) is 0 Å². The molecule has 1 aromatic heterocycles. The number of rotatable bonds is 5. The molecule has 1 aromatic rings. The third-order valence-electron chi connectivity index (χ3n) is 2.81. The third-order valence-corrected chi connectivity index (χ3v) is 3.24. The van der Waals surface area contributed by atoms with Crippen molar-refractivity contribution in [1.82, 2.24) is 10.3 Å². The molecule has 0 amide bonds. The van der Waals surface area contributed by atoms with Gasteiger partial charge in [0.2, 0.25) is 0 Å². The largest absolute Gasteiger partial charge is 0.390 e. The number of alkyl halides is 3. The summed E-state index contributed by atoms with van der Waals surface area (Å²) in [5.74, 6) is 0.569. The maximum atomic E-state index is 12.3. The van der Waals surface area contributed by atoms with E-state index in [1.807, 2.05) is 26.8 Å². The predicted molar refractivity (Wildman–Crippen MR) is 82.5 cm³/mol. The van der Waals surface area contributed by atoms with E-state index in [2.05, 4.69) is 26.2 Å². The summed E-state index contributed by atoms with van der Waals surface area (Å²) in [5, 5.41) is 3.32. The fourth-order valence-corrected chi connectivity index (χ4v) is 2.09. The Kier molecular flexibility index (Phi) is 6.04. The van der Waals surface area contributed by atoms with Crippen LogP contribution in [0.4, 0.5) is 19.0 Å². The first-order chi connectivity index (χ1) is 9.48. The molecular weight excluding hydrogens is 347 g/mol. The molecule has 0 radical (unpaired) electrons. The summed E-state index contributed by atoms with van der Waals surface area (Å²) in [5.41, 5.74) is 0.786. The standard InChI is InChI=1S/C14H21BrF3N3/c1-13(2,3)20-8-10-7-11(15)9-19-12(10)21(4)6-5-14(16,17)18/h7,9,20H,5-6,8H2,1-4H3. The van der Waals surface area contributed by atoms with Gasteiger partial charge in [0.05, 0.1) is 6.42 Å². The number of pyridine rings is 1. The van der Waals surface area contributed by atoms with Crippen molar-refractivity contribution in [2.45, 2.75) is 45.5 Å². The first-order valence-electron chi connectivity index (χ1n) is 6.65. The molecule has 0 atom stereocenters. The maximum absolute atomic E-state index is 12.3. The molecule has 0 fully saturated rings. The number of hydrogen-bond donors (Lipinski definition) is 1. The van der Waals surface area contributed by atoms with Gasteiger partial charge in [-0.15, -0.1) is 0 Å². The Morgan fingerprint density at radius 1 is 1.29 bits per heavy atom. The molecule has 0 aliphatic heterocycles. The molecule has 120 valence electrons. The second-order valence-corrected chi connectivity index (χ2v) is 6.94. The highest BCUT2D eigenvalue weighted by atomic mass is 79.9. The van der Waals surface area contributed by atoms with Crippen molar-refractivity contribution in [2.75, 3.05) is 18.5 Å². The summed E-state index contributed by atoms with van der Waals surface area (Å²) < 4.78 is 37.8. The quantitative estimate of drug-likeness (QED) is 0.848. The van der Waals surface area contributed by atoms with E-state index >= 15 is 0 Å². The average molecular weight is 368 g/mol. The first-order valence-corrected chi connectivity index (χ1v) is 7.44. The highest BCUT2D eigenvalue weighted by Gasteiger charge is 2.27. The van der Waals surface area contributed by atoms with Crippen LogP contribution in [0.5, 0.6) is 0 Å². The van der Waals surface area contributed by atoms with Crippen molar-refractivity contribution in [2.24, 2.45) is 0 Å². The van der Waals surface area contributed by atoms with Crippen molar-refractivity contribution in [1.29, 1.82) is 0 Å². The van der Waals surface area contributed by atoms with Crippen LogP contribution < -0.4 is 10.2 Å². The van der Waals surface area contributed by atoms with E-state index in [1.165, 1.54) is 0 Å². The summed E-state index contributed by atoms with van der Waals surface area (Å²) in [6, 6.07) is 1.88. The number of halogens is 4. The van der Waals surface area contributed by atoms with E-state index in [1.54, 1.807) is 18.1 Å². The van der Waals surface area contributed by atoms with Gasteiger partial charge < -0.3 is 10.2 Å². The Hall–Kier alpha value is -0.820. The lowest BCUT2D eigenvalue weighted by atomic mass is 10.1. The van der Waals surface area contributed by atoms with E-state index in [-0.39, 0.29) is 12.1 Å². The van der Waals surface area contributed by atoms with Gasteiger partial charge in [-0.25, -0.2) is 4.98 Å². The fraction of sp³-hybridized carbons (Fsp3) is 0.643. The van der Waals surface area contributed by atoms with E-state index in [4.69, 9.17) is 0 Å². The lowest BCUT2D eigenvalue weighted by molar-refractivity contribution is -0.132. The lowest BCUT2D eigenvalue weighted by Crippen LogP contribution is -2.36. The van der Waals surface area contributed by atoms with E-state index in [9.17, 15) is 13.2 Å². The molecular formula is C14H21BrF3N3. The van der Waals surface area contributed by atoms with Crippen LogP contribution in [0.15, 0.2) is 16.7 Å². The first kappa shape index (κ1) is 18.2. The topological polar surface area (TPSA) is 28.2 Å². The van der Waals surface area contributed by atoms with Crippen LogP contribution in [-0.4, -0.2) is 30.3 Å². The van der Waals surface area contributed by atoms with Crippen LogP contribution in [0, 0.1) is 0 Å². The molecule has 1 heterocycles. The Morgan fingerprint density at radius 2 is 1.90 bits per heavy atom. The van der Waals surface area contributed by atoms with Gasteiger partial charge in [0.15, 0.2) is 0 Å². The van der Waals surface area contributed by atoms with Gasteiger partial charge >= 0.3 is 6.18 Å². The van der Waals surface area contributed by atoms with Gasteiger partial charge in [-0.1, -0.05) is 0 Å². The monoisotopic (exact) mass is 367 g/mol. The van der Waals surface area contributed by atoms with Crippen molar-refractivity contribution < 1.29 is 13.2 Å².